The van der Waals surface area contributed by atoms with E-state index < -0.39 is 0 Å². The van der Waals surface area contributed by atoms with E-state index in [0.717, 1.165) is 0 Å². The summed E-state index contributed by atoms with van der Waals surface area (Å²) < 4.78 is 0. The van der Waals surface area contributed by atoms with Crippen LogP contribution in [0.2, 0.25) is 0 Å². The average molecular weight is 280 g/mol. The Labute approximate surface area is 126 Å². The number of thioether (sulfide) groups is 1. The monoisotopic (exact) mass is 280 g/mol. The highest BCUT2D eigenvalue weighted by Gasteiger charge is 1.94. The van der Waals surface area contributed by atoms with Crippen molar-refractivity contribution in [3.8, 4) is 0 Å². The quantitative estimate of drug-likeness (QED) is 0.481. The highest BCUT2D eigenvalue weighted by Crippen LogP contribution is 2.26. The zero-order valence-corrected chi connectivity index (χ0v) is 12.6. The molecule has 2 aromatic rings. The first kappa shape index (κ1) is 16.1. The van der Waals surface area contributed by atoms with Gasteiger partial charge in [-0.3, -0.25) is 0 Å². The first-order chi connectivity index (χ1) is 9.86. The molecule has 2 aromatic carbocycles. The van der Waals surface area contributed by atoms with Gasteiger partial charge in [-0.05, 0) is 25.1 Å². The van der Waals surface area contributed by atoms with E-state index in [4.69, 9.17) is 0 Å². The lowest BCUT2D eigenvalue weighted by Gasteiger charge is -2.00. The zero-order valence-electron chi connectivity index (χ0n) is 11.8. The molecule has 0 fully saturated rings. The third kappa shape index (κ3) is 7.45. The number of allylic oxidation sites excluding steroid dienone is 4. The summed E-state index contributed by atoms with van der Waals surface area (Å²) >= 11 is 1.76. The maximum Gasteiger partial charge on any atom is 0.0122 e. The lowest BCUT2D eigenvalue weighted by Crippen LogP contribution is -1.71. The fourth-order valence-corrected chi connectivity index (χ4v) is 2.19. The topological polar surface area (TPSA) is 0 Å². The first-order valence-corrected chi connectivity index (χ1v) is 7.37. The Balaban J connectivity index is 0.000000276. The van der Waals surface area contributed by atoms with Gasteiger partial charge in [0.15, 0.2) is 0 Å². The van der Waals surface area contributed by atoms with Gasteiger partial charge in [0.05, 0.1) is 0 Å². The number of hydrogen-bond donors (Lipinski definition) is 0. The maximum absolute atomic E-state index is 3.65. The molecule has 0 spiro atoms. The van der Waals surface area contributed by atoms with Crippen LogP contribution in [0.25, 0.3) is 0 Å². The van der Waals surface area contributed by atoms with Gasteiger partial charge in [-0.15, -0.1) is 0 Å². The fourth-order valence-electron chi connectivity index (χ4n) is 1.36. The summed E-state index contributed by atoms with van der Waals surface area (Å²) in [6.07, 6.45) is 7.89. The summed E-state index contributed by atoms with van der Waals surface area (Å²) in [5, 5.41) is 0. The molecule has 0 aliphatic heterocycles. The van der Waals surface area contributed by atoms with Crippen molar-refractivity contribution >= 4 is 11.8 Å². The molecule has 0 aliphatic carbocycles. The molecule has 0 radical (unpaired) electrons. The minimum absolute atomic E-state index is 1.23. The maximum atomic E-state index is 3.65. The molecule has 0 nitrogen and oxygen atoms in total. The second-order valence-corrected chi connectivity index (χ2v) is 5.00. The van der Waals surface area contributed by atoms with Gasteiger partial charge in [0.25, 0.3) is 0 Å². The van der Waals surface area contributed by atoms with Gasteiger partial charge in [0, 0.05) is 9.80 Å². The summed E-state index contributed by atoms with van der Waals surface area (Å²) in [4.78, 5) is 2.49. The number of benzene rings is 2. The summed E-state index contributed by atoms with van der Waals surface area (Å²) in [7, 11) is 0. The second kappa shape index (κ2) is 10.9. The van der Waals surface area contributed by atoms with Crippen LogP contribution in [-0.2, 0) is 0 Å². The van der Waals surface area contributed by atoms with Crippen LogP contribution in [0.1, 0.15) is 6.92 Å². The molecule has 0 saturated heterocycles. The fraction of sp³-hybridized carbons (Fsp3) is 0.0526. The van der Waals surface area contributed by atoms with E-state index in [1.165, 1.54) is 9.80 Å². The van der Waals surface area contributed by atoms with Crippen molar-refractivity contribution in [3.63, 3.8) is 0 Å². The van der Waals surface area contributed by atoms with Crippen molar-refractivity contribution in [1.82, 2.24) is 0 Å². The van der Waals surface area contributed by atoms with Crippen molar-refractivity contribution in [2.24, 2.45) is 0 Å². The van der Waals surface area contributed by atoms with E-state index in [1.54, 1.807) is 17.8 Å². The summed E-state index contributed by atoms with van der Waals surface area (Å²) in [5.41, 5.74) is 0. The molecule has 0 amide bonds. The molecule has 0 atom stereocenters. The standard InChI is InChI=1S/C13H14S.C6H6/c1-3-5-9-12(4-2)14-13-10-7-6-8-11-13;1-2-4-6-5-3-1/h3-11H,1H2,2H3;1-6H/b9-5-,12-4+;. The van der Waals surface area contributed by atoms with E-state index in [1.807, 2.05) is 67.6 Å². The van der Waals surface area contributed by atoms with Gasteiger partial charge in [0.1, 0.15) is 0 Å². The third-order valence-electron chi connectivity index (χ3n) is 2.33. The van der Waals surface area contributed by atoms with Crippen LogP contribution in [0.4, 0.5) is 0 Å². The van der Waals surface area contributed by atoms with Crippen molar-refractivity contribution in [1.29, 1.82) is 0 Å². The van der Waals surface area contributed by atoms with Gasteiger partial charge in [-0.25, -0.2) is 0 Å². The molecule has 0 heterocycles. The molecule has 0 N–H and O–H groups in total. The highest BCUT2D eigenvalue weighted by molar-refractivity contribution is 8.03. The zero-order chi connectivity index (χ0) is 14.5. The third-order valence-corrected chi connectivity index (χ3v) is 3.44. The SMILES string of the molecule is C=C/C=C\C(=C/C)Sc1ccccc1.c1ccccc1. The minimum Gasteiger partial charge on any atom is -0.0991 e. The molecule has 0 aromatic heterocycles. The minimum atomic E-state index is 1.23. The molecule has 102 valence electrons. The van der Waals surface area contributed by atoms with Gasteiger partial charge < -0.3 is 0 Å². The number of hydrogen-bond acceptors (Lipinski definition) is 1. The molecule has 2 rings (SSSR count). The van der Waals surface area contributed by atoms with Crippen LogP contribution in [0.15, 0.2) is 107 Å². The molecule has 0 unspecified atom stereocenters. The predicted molar refractivity (Wildman–Crippen MR) is 91.8 cm³/mol. The predicted octanol–water partition coefficient (Wildman–Crippen LogP) is 6.11. The van der Waals surface area contributed by atoms with Gasteiger partial charge >= 0.3 is 0 Å². The number of rotatable bonds is 4. The van der Waals surface area contributed by atoms with Crippen LogP contribution in [0.3, 0.4) is 0 Å². The van der Waals surface area contributed by atoms with Crippen molar-refractivity contribution < 1.29 is 0 Å². The molecular formula is C19H20S. The second-order valence-electron chi connectivity index (χ2n) is 3.86. The first-order valence-electron chi connectivity index (χ1n) is 6.55. The van der Waals surface area contributed by atoms with Crippen LogP contribution >= 0.6 is 11.8 Å². The highest BCUT2D eigenvalue weighted by atomic mass is 32.2. The van der Waals surface area contributed by atoms with Crippen LogP contribution in [0.5, 0.6) is 0 Å². The van der Waals surface area contributed by atoms with E-state index in [9.17, 15) is 0 Å². The Morgan fingerprint density at radius 2 is 1.40 bits per heavy atom. The Morgan fingerprint density at radius 1 is 0.900 bits per heavy atom. The van der Waals surface area contributed by atoms with Crippen molar-refractivity contribution in [2.75, 3.05) is 0 Å². The van der Waals surface area contributed by atoms with E-state index in [-0.39, 0.29) is 0 Å². The van der Waals surface area contributed by atoms with Gasteiger partial charge in [-0.1, -0.05) is 91.2 Å². The van der Waals surface area contributed by atoms with Crippen LogP contribution < -0.4 is 0 Å². The van der Waals surface area contributed by atoms with Crippen molar-refractivity contribution in [2.45, 2.75) is 11.8 Å². The Kier molecular flexibility index (Phi) is 8.75. The normalized spacial score (nSPS) is 10.8. The van der Waals surface area contributed by atoms with Crippen LogP contribution in [-0.4, -0.2) is 0 Å². The summed E-state index contributed by atoms with van der Waals surface area (Å²) in [6.45, 7) is 5.69. The van der Waals surface area contributed by atoms with Gasteiger partial charge in [0.2, 0.25) is 0 Å². The Bertz CT molecular complexity index is 497. The molecule has 0 aliphatic rings. The summed E-state index contributed by atoms with van der Waals surface area (Å²) in [5.74, 6) is 0. The van der Waals surface area contributed by atoms with E-state index in [2.05, 4.69) is 30.9 Å². The van der Waals surface area contributed by atoms with E-state index in [0.29, 0.717) is 0 Å². The molecular weight excluding hydrogens is 260 g/mol. The van der Waals surface area contributed by atoms with Crippen LogP contribution in [0, 0.1) is 0 Å². The lowest BCUT2D eigenvalue weighted by molar-refractivity contribution is 1.47. The Morgan fingerprint density at radius 3 is 1.85 bits per heavy atom. The smallest absolute Gasteiger partial charge is 0.0122 e. The lowest BCUT2D eigenvalue weighted by atomic mass is 10.4. The Hall–Kier alpha value is -1.99. The largest absolute Gasteiger partial charge is 0.0991 e. The molecule has 1 heteroatoms. The molecule has 0 bridgehead atoms. The summed E-state index contributed by atoms with van der Waals surface area (Å²) in [6, 6.07) is 22.3. The average Bonchev–Trinajstić information content (AvgIpc) is 2.54. The van der Waals surface area contributed by atoms with Crippen molar-refractivity contribution in [3.05, 3.63) is 103 Å². The molecule has 0 saturated carbocycles. The van der Waals surface area contributed by atoms with Gasteiger partial charge in [-0.2, -0.15) is 0 Å². The van der Waals surface area contributed by atoms with E-state index >= 15 is 0 Å². The molecule has 20 heavy (non-hydrogen) atoms.